The standard InChI is InChI=1S/C14H17ClO2/c1-14(2,13(16)17)8-9-6-10-4-3-5-11(10)12(15)7-9/h6-7H,3-5,8H2,1-2H3,(H,16,17). The van der Waals surface area contributed by atoms with Crippen molar-refractivity contribution in [1.82, 2.24) is 0 Å². The van der Waals surface area contributed by atoms with Gasteiger partial charge in [0.1, 0.15) is 0 Å². The van der Waals surface area contributed by atoms with E-state index in [0.717, 1.165) is 29.8 Å². The van der Waals surface area contributed by atoms with Crippen LogP contribution in [0, 0.1) is 5.41 Å². The van der Waals surface area contributed by atoms with Crippen LogP contribution in [0.2, 0.25) is 5.02 Å². The number of hydrogen-bond donors (Lipinski definition) is 1. The zero-order valence-electron chi connectivity index (χ0n) is 10.2. The molecule has 0 fully saturated rings. The van der Waals surface area contributed by atoms with Crippen LogP contribution < -0.4 is 0 Å². The Morgan fingerprint density at radius 1 is 1.41 bits per heavy atom. The Kier molecular flexibility index (Phi) is 3.17. The maximum atomic E-state index is 11.1. The number of benzene rings is 1. The second kappa shape index (κ2) is 4.34. The molecule has 1 aromatic carbocycles. The lowest BCUT2D eigenvalue weighted by Gasteiger charge is -2.19. The smallest absolute Gasteiger partial charge is 0.309 e. The summed E-state index contributed by atoms with van der Waals surface area (Å²) in [6, 6.07) is 4.05. The lowest BCUT2D eigenvalue weighted by Crippen LogP contribution is -2.26. The molecule has 0 atom stereocenters. The highest BCUT2D eigenvalue weighted by molar-refractivity contribution is 6.31. The predicted molar refractivity (Wildman–Crippen MR) is 68.6 cm³/mol. The molecule has 1 aromatic rings. The average molecular weight is 253 g/mol. The van der Waals surface area contributed by atoms with Crippen molar-refractivity contribution in [3.63, 3.8) is 0 Å². The topological polar surface area (TPSA) is 37.3 Å². The molecule has 2 nitrogen and oxygen atoms in total. The molecule has 0 saturated carbocycles. The summed E-state index contributed by atoms with van der Waals surface area (Å²) in [6.45, 7) is 3.49. The van der Waals surface area contributed by atoms with Crippen LogP contribution in [0.1, 0.15) is 37.0 Å². The highest BCUT2D eigenvalue weighted by Gasteiger charge is 2.28. The Hall–Kier alpha value is -1.02. The fraction of sp³-hybridized carbons (Fsp3) is 0.500. The molecule has 0 radical (unpaired) electrons. The molecule has 0 amide bonds. The summed E-state index contributed by atoms with van der Waals surface area (Å²) in [6.07, 6.45) is 3.79. The molecule has 0 aromatic heterocycles. The van der Waals surface area contributed by atoms with Gasteiger partial charge in [0.15, 0.2) is 0 Å². The van der Waals surface area contributed by atoms with Gasteiger partial charge in [-0.25, -0.2) is 0 Å². The van der Waals surface area contributed by atoms with Gasteiger partial charge in [0.05, 0.1) is 5.41 Å². The van der Waals surface area contributed by atoms with Crippen molar-refractivity contribution in [2.45, 2.75) is 39.5 Å². The third-order valence-electron chi connectivity index (χ3n) is 3.45. The zero-order chi connectivity index (χ0) is 12.6. The number of carbonyl (C=O) groups is 1. The molecule has 0 saturated heterocycles. The van der Waals surface area contributed by atoms with Crippen LogP contribution >= 0.6 is 11.6 Å². The first kappa shape index (κ1) is 12.4. The third-order valence-corrected chi connectivity index (χ3v) is 3.78. The summed E-state index contributed by atoms with van der Waals surface area (Å²) in [5.74, 6) is -0.769. The minimum Gasteiger partial charge on any atom is -0.481 e. The van der Waals surface area contributed by atoms with Crippen LogP contribution in [-0.4, -0.2) is 11.1 Å². The van der Waals surface area contributed by atoms with E-state index in [4.69, 9.17) is 16.7 Å². The molecule has 0 aliphatic heterocycles. The first-order valence-corrected chi connectivity index (χ1v) is 6.31. The van der Waals surface area contributed by atoms with Gasteiger partial charge in [0, 0.05) is 5.02 Å². The van der Waals surface area contributed by atoms with Gasteiger partial charge in [-0.15, -0.1) is 0 Å². The normalized spacial score (nSPS) is 14.8. The minimum atomic E-state index is -0.769. The van der Waals surface area contributed by atoms with Crippen molar-refractivity contribution in [2.24, 2.45) is 5.41 Å². The minimum absolute atomic E-state index is 0.523. The summed E-state index contributed by atoms with van der Waals surface area (Å²) >= 11 is 6.24. The number of carboxylic acid groups (broad SMARTS) is 1. The molecule has 0 bridgehead atoms. The molecule has 3 heteroatoms. The molecular formula is C14H17ClO2. The number of fused-ring (bicyclic) bond motifs is 1. The lowest BCUT2D eigenvalue weighted by molar-refractivity contribution is -0.146. The lowest BCUT2D eigenvalue weighted by atomic mass is 9.85. The zero-order valence-corrected chi connectivity index (χ0v) is 11.0. The van der Waals surface area contributed by atoms with E-state index < -0.39 is 11.4 Å². The van der Waals surface area contributed by atoms with E-state index in [1.165, 1.54) is 11.1 Å². The SMILES string of the molecule is CC(C)(Cc1cc(Cl)c2c(c1)CCC2)C(=O)O. The summed E-state index contributed by atoms with van der Waals surface area (Å²) in [7, 11) is 0. The Balaban J connectivity index is 2.29. The Bertz CT molecular complexity index is 464. The van der Waals surface area contributed by atoms with Gasteiger partial charge in [-0.3, -0.25) is 4.79 Å². The van der Waals surface area contributed by atoms with E-state index in [0.29, 0.717) is 6.42 Å². The van der Waals surface area contributed by atoms with Gasteiger partial charge in [0.2, 0.25) is 0 Å². The number of aryl methyl sites for hydroxylation is 1. The summed E-state index contributed by atoms with van der Waals surface area (Å²) < 4.78 is 0. The molecule has 17 heavy (non-hydrogen) atoms. The van der Waals surface area contributed by atoms with Gasteiger partial charge in [-0.2, -0.15) is 0 Å². The number of halogens is 1. The molecule has 0 heterocycles. The van der Waals surface area contributed by atoms with Gasteiger partial charge < -0.3 is 5.11 Å². The second-order valence-electron chi connectivity index (χ2n) is 5.43. The maximum absolute atomic E-state index is 11.1. The monoisotopic (exact) mass is 252 g/mol. The van der Waals surface area contributed by atoms with Crippen LogP contribution in [0.5, 0.6) is 0 Å². The van der Waals surface area contributed by atoms with Crippen molar-refractivity contribution in [3.8, 4) is 0 Å². The summed E-state index contributed by atoms with van der Waals surface area (Å²) in [5, 5.41) is 9.93. The van der Waals surface area contributed by atoms with Crippen molar-refractivity contribution in [2.75, 3.05) is 0 Å². The van der Waals surface area contributed by atoms with E-state index in [1.807, 2.05) is 6.07 Å². The quantitative estimate of drug-likeness (QED) is 0.894. The Morgan fingerprint density at radius 3 is 2.76 bits per heavy atom. The number of carboxylic acids is 1. The van der Waals surface area contributed by atoms with Crippen LogP contribution in [0.15, 0.2) is 12.1 Å². The van der Waals surface area contributed by atoms with Crippen molar-refractivity contribution >= 4 is 17.6 Å². The summed E-state index contributed by atoms with van der Waals surface area (Å²) in [4.78, 5) is 11.1. The van der Waals surface area contributed by atoms with Crippen molar-refractivity contribution in [3.05, 3.63) is 33.8 Å². The highest BCUT2D eigenvalue weighted by Crippen LogP contribution is 2.32. The molecule has 2 rings (SSSR count). The van der Waals surface area contributed by atoms with Crippen LogP contribution in [0.3, 0.4) is 0 Å². The van der Waals surface area contributed by atoms with Gasteiger partial charge in [-0.1, -0.05) is 17.7 Å². The Labute approximate surface area is 107 Å². The maximum Gasteiger partial charge on any atom is 0.309 e. The van der Waals surface area contributed by atoms with Crippen LogP contribution in [0.25, 0.3) is 0 Å². The van der Waals surface area contributed by atoms with Crippen molar-refractivity contribution in [1.29, 1.82) is 0 Å². The number of rotatable bonds is 3. The van der Waals surface area contributed by atoms with Crippen LogP contribution in [-0.2, 0) is 24.1 Å². The van der Waals surface area contributed by atoms with Gasteiger partial charge in [-0.05, 0) is 62.3 Å². The number of aliphatic carboxylic acids is 1. The third kappa shape index (κ3) is 2.47. The molecule has 1 N–H and O–H groups in total. The van der Waals surface area contributed by atoms with Crippen molar-refractivity contribution < 1.29 is 9.90 Å². The fourth-order valence-corrected chi connectivity index (χ4v) is 2.76. The largest absolute Gasteiger partial charge is 0.481 e. The average Bonchev–Trinajstić information content (AvgIpc) is 2.64. The van der Waals surface area contributed by atoms with E-state index in [9.17, 15) is 4.79 Å². The first-order valence-electron chi connectivity index (χ1n) is 5.94. The molecular weight excluding hydrogens is 236 g/mol. The van der Waals surface area contributed by atoms with Gasteiger partial charge in [0.25, 0.3) is 0 Å². The van der Waals surface area contributed by atoms with Gasteiger partial charge >= 0.3 is 5.97 Å². The molecule has 0 unspecified atom stereocenters. The number of hydrogen-bond acceptors (Lipinski definition) is 1. The molecule has 92 valence electrons. The fourth-order valence-electron chi connectivity index (χ4n) is 2.40. The summed E-state index contributed by atoms with van der Waals surface area (Å²) in [5.41, 5.74) is 2.84. The van der Waals surface area contributed by atoms with Crippen LogP contribution in [0.4, 0.5) is 0 Å². The van der Waals surface area contributed by atoms with E-state index in [1.54, 1.807) is 13.8 Å². The second-order valence-corrected chi connectivity index (χ2v) is 5.84. The molecule has 1 aliphatic carbocycles. The molecule has 0 spiro atoms. The first-order chi connectivity index (χ1) is 7.90. The molecule has 1 aliphatic rings. The van der Waals surface area contributed by atoms with E-state index in [2.05, 4.69) is 6.07 Å². The highest BCUT2D eigenvalue weighted by atomic mass is 35.5. The van der Waals surface area contributed by atoms with E-state index in [-0.39, 0.29) is 0 Å². The predicted octanol–water partition coefficient (Wildman–Crippen LogP) is 3.48. The van der Waals surface area contributed by atoms with E-state index >= 15 is 0 Å². The Morgan fingerprint density at radius 2 is 2.12 bits per heavy atom.